The molecule has 0 aliphatic carbocycles. The van der Waals surface area contributed by atoms with Crippen LogP contribution < -0.4 is 21.7 Å². The molecule has 0 amide bonds. The Morgan fingerprint density at radius 3 is 2.86 bits per heavy atom. The zero-order chi connectivity index (χ0) is 10.6. The first kappa shape index (κ1) is 10.5. The van der Waals surface area contributed by atoms with Gasteiger partial charge in [0, 0.05) is 6.07 Å². The minimum atomic E-state index is 0.0925. The molecule has 0 bridgehead atoms. The first-order chi connectivity index (χ1) is 6.65. The van der Waals surface area contributed by atoms with Gasteiger partial charge >= 0.3 is 0 Å². The highest BCUT2D eigenvalue weighted by atomic mass is 16.5. The molecule has 1 heterocycles. The Morgan fingerprint density at radius 1 is 1.57 bits per heavy atom. The summed E-state index contributed by atoms with van der Waals surface area (Å²) in [5, 5.41) is 0. The molecule has 6 nitrogen and oxygen atoms in total. The normalized spacial score (nSPS) is 12.2. The second-order valence-electron chi connectivity index (χ2n) is 2.93. The molecule has 1 unspecified atom stereocenters. The average Bonchev–Trinajstić information content (AvgIpc) is 2.16. The standard InChI is InChI=1S/C8H15N5O/c1-3-5(2)14-7-4-6(13-10)11-8(9)12-7/h4-5H,3,10H2,1-2H3,(H3,9,11,12,13). The van der Waals surface area contributed by atoms with Gasteiger partial charge in [-0.05, 0) is 13.3 Å². The molecule has 1 aromatic heterocycles. The lowest BCUT2D eigenvalue weighted by Crippen LogP contribution is -2.14. The molecule has 6 heteroatoms. The van der Waals surface area contributed by atoms with Crippen LogP contribution in [0.25, 0.3) is 0 Å². The zero-order valence-electron chi connectivity index (χ0n) is 8.32. The Bertz CT molecular complexity index is 304. The number of nitrogens with one attached hydrogen (secondary N) is 1. The average molecular weight is 197 g/mol. The molecular weight excluding hydrogens is 182 g/mol. The van der Waals surface area contributed by atoms with E-state index in [1.807, 2.05) is 13.8 Å². The Hall–Kier alpha value is -1.56. The van der Waals surface area contributed by atoms with E-state index in [0.29, 0.717) is 11.7 Å². The van der Waals surface area contributed by atoms with Gasteiger partial charge in [0.2, 0.25) is 11.8 Å². The van der Waals surface area contributed by atoms with Gasteiger partial charge < -0.3 is 15.9 Å². The molecule has 1 atom stereocenters. The van der Waals surface area contributed by atoms with Crippen molar-refractivity contribution in [3.63, 3.8) is 0 Å². The van der Waals surface area contributed by atoms with Crippen LogP contribution in [0, 0.1) is 0 Å². The van der Waals surface area contributed by atoms with Crippen molar-refractivity contribution in [2.75, 3.05) is 11.2 Å². The molecule has 0 saturated heterocycles. The minimum Gasteiger partial charge on any atom is -0.474 e. The number of ether oxygens (including phenoxy) is 1. The Kier molecular flexibility index (Phi) is 3.47. The lowest BCUT2D eigenvalue weighted by atomic mass is 10.3. The number of hydrogen-bond donors (Lipinski definition) is 3. The van der Waals surface area contributed by atoms with Crippen molar-refractivity contribution in [3.8, 4) is 5.88 Å². The Balaban J connectivity index is 2.81. The van der Waals surface area contributed by atoms with Gasteiger partial charge in [-0.3, -0.25) is 0 Å². The highest BCUT2D eigenvalue weighted by Gasteiger charge is 2.05. The van der Waals surface area contributed by atoms with Crippen LogP contribution in [0.5, 0.6) is 5.88 Å². The summed E-state index contributed by atoms with van der Waals surface area (Å²) in [6.45, 7) is 3.98. The van der Waals surface area contributed by atoms with Crippen LogP contribution in [0.4, 0.5) is 11.8 Å². The predicted octanol–water partition coefficient (Wildman–Crippen LogP) is 0.522. The van der Waals surface area contributed by atoms with Gasteiger partial charge in [-0.2, -0.15) is 9.97 Å². The van der Waals surface area contributed by atoms with E-state index in [1.54, 1.807) is 6.07 Å². The molecule has 0 spiro atoms. The topological polar surface area (TPSA) is 99.1 Å². The van der Waals surface area contributed by atoms with Crippen molar-refractivity contribution >= 4 is 11.8 Å². The smallest absolute Gasteiger partial charge is 0.225 e. The molecule has 0 aromatic carbocycles. The lowest BCUT2D eigenvalue weighted by Gasteiger charge is -2.12. The third-order valence-electron chi connectivity index (χ3n) is 1.76. The number of anilines is 2. The van der Waals surface area contributed by atoms with Crippen molar-refractivity contribution in [1.29, 1.82) is 0 Å². The number of nitrogens with zero attached hydrogens (tertiary/aromatic N) is 2. The predicted molar refractivity (Wildman–Crippen MR) is 54.6 cm³/mol. The fraction of sp³-hybridized carbons (Fsp3) is 0.500. The summed E-state index contributed by atoms with van der Waals surface area (Å²) >= 11 is 0. The van der Waals surface area contributed by atoms with Gasteiger partial charge in [0.1, 0.15) is 5.82 Å². The van der Waals surface area contributed by atoms with E-state index >= 15 is 0 Å². The molecule has 0 aliphatic heterocycles. The van der Waals surface area contributed by atoms with Crippen LogP contribution in [0.2, 0.25) is 0 Å². The lowest BCUT2D eigenvalue weighted by molar-refractivity contribution is 0.209. The Labute approximate surface area is 82.6 Å². The largest absolute Gasteiger partial charge is 0.474 e. The van der Waals surface area contributed by atoms with Crippen LogP contribution >= 0.6 is 0 Å². The number of aromatic nitrogens is 2. The van der Waals surface area contributed by atoms with E-state index in [4.69, 9.17) is 16.3 Å². The van der Waals surface area contributed by atoms with Crippen LogP contribution in [0.1, 0.15) is 20.3 Å². The SMILES string of the molecule is CCC(C)Oc1cc(NN)nc(N)n1. The van der Waals surface area contributed by atoms with Crippen molar-refractivity contribution in [2.45, 2.75) is 26.4 Å². The van der Waals surface area contributed by atoms with E-state index in [9.17, 15) is 0 Å². The molecular formula is C8H15N5O. The number of nitrogens with two attached hydrogens (primary N) is 2. The van der Waals surface area contributed by atoms with E-state index in [2.05, 4.69) is 15.4 Å². The van der Waals surface area contributed by atoms with Gasteiger partial charge in [-0.15, -0.1) is 0 Å². The molecule has 78 valence electrons. The summed E-state index contributed by atoms with van der Waals surface area (Å²) in [6, 6.07) is 1.60. The molecule has 5 N–H and O–H groups in total. The second-order valence-corrected chi connectivity index (χ2v) is 2.93. The third-order valence-corrected chi connectivity index (χ3v) is 1.76. The molecule has 0 aliphatic rings. The molecule has 1 aromatic rings. The van der Waals surface area contributed by atoms with Crippen LogP contribution in [-0.4, -0.2) is 16.1 Å². The van der Waals surface area contributed by atoms with Crippen molar-refractivity contribution in [3.05, 3.63) is 6.07 Å². The zero-order valence-corrected chi connectivity index (χ0v) is 8.32. The van der Waals surface area contributed by atoms with Gasteiger partial charge in [0.25, 0.3) is 0 Å². The fourth-order valence-electron chi connectivity index (χ4n) is 0.867. The van der Waals surface area contributed by atoms with Crippen molar-refractivity contribution in [1.82, 2.24) is 9.97 Å². The highest BCUT2D eigenvalue weighted by molar-refractivity contribution is 5.41. The number of hydrazine groups is 1. The number of nitrogen functional groups attached to an aromatic ring is 2. The van der Waals surface area contributed by atoms with E-state index in [1.165, 1.54) is 0 Å². The van der Waals surface area contributed by atoms with Crippen LogP contribution in [0.3, 0.4) is 0 Å². The summed E-state index contributed by atoms with van der Waals surface area (Å²) in [5.74, 6) is 6.21. The second kappa shape index (κ2) is 4.61. The molecule has 0 saturated carbocycles. The number of rotatable bonds is 4. The fourth-order valence-corrected chi connectivity index (χ4v) is 0.867. The summed E-state index contributed by atoms with van der Waals surface area (Å²) in [4.78, 5) is 7.75. The van der Waals surface area contributed by atoms with Gasteiger partial charge in [-0.25, -0.2) is 5.84 Å². The summed E-state index contributed by atoms with van der Waals surface area (Å²) in [6.07, 6.45) is 0.991. The molecule has 0 radical (unpaired) electrons. The maximum absolute atomic E-state index is 5.46. The van der Waals surface area contributed by atoms with Gasteiger partial charge in [-0.1, -0.05) is 6.92 Å². The van der Waals surface area contributed by atoms with E-state index < -0.39 is 0 Å². The summed E-state index contributed by atoms with van der Waals surface area (Å²) < 4.78 is 5.46. The highest BCUT2D eigenvalue weighted by Crippen LogP contribution is 2.15. The molecule has 0 fully saturated rings. The quantitative estimate of drug-likeness (QED) is 0.480. The first-order valence-electron chi connectivity index (χ1n) is 4.43. The van der Waals surface area contributed by atoms with E-state index in [0.717, 1.165) is 6.42 Å². The van der Waals surface area contributed by atoms with Crippen LogP contribution in [0.15, 0.2) is 6.07 Å². The van der Waals surface area contributed by atoms with Gasteiger partial charge in [0.15, 0.2) is 0 Å². The minimum absolute atomic E-state index is 0.0925. The van der Waals surface area contributed by atoms with Gasteiger partial charge in [0.05, 0.1) is 6.10 Å². The van der Waals surface area contributed by atoms with E-state index in [-0.39, 0.29) is 12.1 Å². The maximum atomic E-state index is 5.46. The summed E-state index contributed by atoms with van der Waals surface area (Å²) in [5.41, 5.74) is 7.84. The van der Waals surface area contributed by atoms with Crippen molar-refractivity contribution < 1.29 is 4.74 Å². The number of hydrogen-bond acceptors (Lipinski definition) is 6. The third kappa shape index (κ3) is 2.74. The molecule has 14 heavy (non-hydrogen) atoms. The van der Waals surface area contributed by atoms with Crippen LogP contribution in [-0.2, 0) is 0 Å². The molecule has 1 rings (SSSR count). The summed E-state index contributed by atoms with van der Waals surface area (Å²) in [7, 11) is 0. The monoisotopic (exact) mass is 197 g/mol. The first-order valence-corrected chi connectivity index (χ1v) is 4.43. The Morgan fingerprint density at radius 2 is 2.29 bits per heavy atom. The maximum Gasteiger partial charge on any atom is 0.225 e. The van der Waals surface area contributed by atoms with Crippen molar-refractivity contribution in [2.24, 2.45) is 5.84 Å².